The van der Waals surface area contributed by atoms with Crippen LogP contribution in [0.3, 0.4) is 0 Å². The van der Waals surface area contributed by atoms with Crippen LogP contribution in [0.4, 0.5) is 0 Å². The summed E-state index contributed by atoms with van der Waals surface area (Å²) in [4.78, 5) is 6.85. The number of hydrogen-bond donors (Lipinski definition) is 2. The molecule has 1 aliphatic rings. The van der Waals surface area contributed by atoms with Crippen molar-refractivity contribution >= 4 is 5.96 Å². The van der Waals surface area contributed by atoms with Crippen molar-refractivity contribution in [2.45, 2.75) is 57.9 Å². The van der Waals surface area contributed by atoms with Crippen molar-refractivity contribution in [3.63, 3.8) is 0 Å². The number of guanidine groups is 1. The van der Waals surface area contributed by atoms with Crippen LogP contribution in [0.2, 0.25) is 0 Å². The monoisotopic (exact) mass is 268 g/mol. The average Bonchev–Trinajstić information content (AvgIpc) is 2.40. The summed E-state index contributed by atoms with van der Waals surface area (Å²) in [5, 5.41) is 3.19. The molecule has 0 aromatic carbocycles. The Labute approximate surface area is 118 Å². The Morgan fingerprint density at radius 3 is 2.58 bits per heavy atom. The third-order valence-corrected chi connectivity index (χ3v) is 4.14. The Morgan fingerprint density at radius 1 is 1.32 bits per heavy atom. The minimum absolute atomic E-state index is 0.534. The molecule has 1 saturated carbocycles. The van der Waals surface area contributed by atoms with Crippen LogP contribution < -0.4 is 11.1 Å². The third-order valence-electron chi connectivity index (χ3n) is 4.14. The van der Waals surface area contributed by atoms with E-state index in [0.29, 0.717) is 12.0 Å². The van der Waals surface area contributed by atoms with Crippen molar-refractivity contribution in [3.8, 4) is 0 Å². The number of nitrogens with one attached hydrogen (secondary N) is 1. The summed E-state index contributed by atoms with van der Waals surface area (Å²) in [5.74, 6) is 1.40. The first-order valence-electron chi connectivity index (χ1n) is 7.85. The molecule has 0 heterocycles. The van der Waals surface area contributed by atoms with Crippen LogP contribution in [-0.4, -0.2) is 44.1 Å². The molecule has 0 bridgehead atoms. The van der Waals surface area contributed by atoms with Gasteiger partial charge in [-0.05, 0) is 39.3 Å². The van der Waals surface area contributed by atoms with Crippen molar-refractivity contribution in [2.24, 2.45) is 16.6 Å². The molecule has 0 aromatic heterocycles. The van der Waals surface area contributed by atoms with Gasteiger partial charge in [-0.15, -0.1) is 0 Å². The van der Waals surface area contributed by atoms with E-state index in [9.17, 15) is 0 Å². The summed E-state index contributed by atoms with van der Waals surface area (Å²) >= 11 is 0. The molecule has 1 fully saturated rings. The van der Waals surface area contributed by atoms with E-state index in [1.165, 1.54) is 38.5 Å². The molecule has 0 spiro atoms. The summed E-state index contributed by atoms with van der Waals surface area (Å²) in [5.41, 5.74) is 5.91. The van der Waals surface area contributed by atoms with Gasteiger partial charge >= 0.3 is 0 Å². The summed E-state index contributed by atoms with van der Waals surface area (Å²) in [6.45, 7) is 3.94. The Balaban J connectivity index is 2.41. The molecule has 19 heavy (non-hydrogen) atoms. The number of hydrogen-bond acceptors (Lipinski definition) is 2. The molecule has 4 heteroatoms. The fourth-order valence-corrected chi connectivity index (χ4v) is 2.89. The molecule has 3 N–H and O–H groups in total. The fraction of sp³-hybridized carbons (Fsp3) is 0.933. The van der Waals surface area contributed by atoms with E-state index in [1.807, 2.05) is 0 Å². The lowest BCUT2D eigenvalue weighted by Gasteiger charge is -2.33. The van der Waals surface area contributed by atoms with E-state index < -0.39 is 0 Å². The maximum atomic E-state index is 5.91. The number of nitrogens with zero attached hydrogens (tertiary/aromatic N) is 2. The Bertz CT molecular complexity index is 257. The standard InChI is InChI=1S/C15H32N4/c1-4-5-11-17-15(16)18-12-14(19(2)3)13-9-7-6-8-10-13/h13-14H,4-12H2,1-3H3,(H3,16,17,18). The van der Waals surface area contributed by atoms with Crippen molar-refractivity contribution in [1.29, 1.82) is 0 Å². The van der Waals surface area contributed by atoms with E-state index in [4.69, 9.17) is 5.73 Å². The topological polar surface area (TPSA) is 53.6 Å². The number of nitrogens with two attached hydrogens (primary N) is 1. The lowest BCUT2D eigenvalue weighted by atomic mass is 9.83. The summed E-state index contributed by atoms with van der Waals surface area (Å²) in [6, 6.07) is 0.534. The highest BCUT2D eigenvalue weighted by Gasteiger charge is 2.24. The van der Waals surface area contributed by atoms with Gasteiger partial charge in [0.05, 0.1) is 6.54 Å². The van der Waals surface area contributed by atoms with Gasteiger partial charge in [0, 0.05) is 12.6 Å². The molecule has 0 radical (unpaired) electrons. The largest absolute Gasteiger partial charge is 0.370 e. The van der Waals surface area contributed by atoms with E-state index in [-0.39, 0.29) is 0 Å². The summed E-state index contributed by atoms with van der Waals surface area (Å²) in [7, 11) is 4.32. The first-order chi connectivity index (χ1) is 9.15. The summed E-state index contributed by atoms with van der Waals surface area (Å²) in [6.07, 6.45) is 9.19. The van der Waals surface area contributed by atoms with E-state index in [1.54, 1.807) is 0 Å². The molecule has 4 nitrogen and oxygen atoms in total. The van der Waals surface area contributed by atoms with Gasteiger partial charge < -0.3 is 16.0 Å². The number of likely N-dealkylation sites (N-methyl/N-ethyl adjacent to an activating group) is 1. The van der Waals surface area contributed by atoms with E-state index >= 15 is 0 Å². The first-order valence-corrected chi connectivity index (χ1v) is 7.85. The van der Waals surface area contributed by atoms with Gasteiger partial charge in [0.2, 0.25) is 0 Å². The minimum atomic E-state index is 0.534. The van der Waals surface area contributed by atoms with Gasteiger partial charge in [-0.1, -0.05) is 32.6 Å². The highest BCUT2D eigenvalue weighted by atomic mass is 15.1. The second kappa shape index (κ2) is 9.18. The van der Waals surface area contributed by atoms with Crippen molar-refractivity contribution in [1.82, 2.24) is 10.2 Å². The predicted octanol–water partition coefficient (Wildman–Crippen LogP) is 2.20. The lowest BCUT2D eigenvalue weighted by Crippen LogP contribution is -2.40. The smallest absolute Gasteiger partial charge is 0.188 e. The van der Waals surface area contributed by atoms with Crippen LogP contribution in [0.25, 0.3) is 0 Å². The minimum Gasteiger partial charge on any atom is -0.370 e. The number of aliphatic imine (C=N–C) groups is 1. The van der Waals surface area contributed by atoms with Crippen molar-refractivity contribution in [2.75, 3.05) is 27.2 Å². The van der Waals surface area contributed by atoms with Crippen molar-refractivity contribution < 1.29 is 0 Å². The molecule has 112 valence electrons. The second-order valence-corrected chi connectivity index (χ2v) is 5.94. The Morgan fingerprint density at radius 2 is 2.00 bits per heavy atom. The van der Waals surface area contributed by atoms with Crippen LogP contribution in [0.1, 0.15) is 51.9 Å². The molecule has 0 amide bonds. The molecule has 1 unspecified atom stereocenters. The third kappa shape index (κ3) is 6.28. The molecule has 1 aliphatic carbocycles. The number of rotatable bonds is 7. The maximum absolute atomic E-state index is 5.91. The van der Waals surface area contributed by atoms with Gasteiger partial charge in [0.15, 0.2) is 5.96 Å². The second-order valence-electron chi connectivity index (χ2n) is 5.94. The van der Waals surface area contributed by atoms with Crippen LogP contribution in [0.15, 0.2) is 4.99 Å². The zero-order chi connectivity index (χ0) is 14.1. The van der Waals surface area contributed by atoms with Gasteiger partial charge in [-0.2, -0.15) is 0 Å². The van der Waals surface area contributed by atoms with Crippen LogP contribution in [0.5, 0.6) is 0 Å². The fourth-order valence-electron chi connectivity index (χ4n) is 2.89. The van der Waals surface area contributed by atoms with E-state index in [2.05, 4.69) is 36.2 Å². The van der Waals surface area contributed by atoms with Crippen LogP contribution >= 0.6 is 0 Å². The Kier molecular flexibility index (Phi) is 7.87. The van der Waals surface area contributed by atoms with Crippen LogP contribution in [0, 0.1) is 5.92 Å². The SMILES string of the molecule is CCCCNC(N)=NCC(C1CCCCC1)N(C)C. The van der Waals surface area contributed by atoms with Crippen LogP contribution in [-0.2, 0) is 0 Å². The molecule has 1 atom stereocenters. The molecular formula is C15H32N4. The molecular weight excluding hydrogens is 236 g/mol. The maximum Gasteiger partial charge on any atom is 0.188 e. The van der Waals surface area contributed by atoms with Gasteiger partial charge in [0.25, 0.3) is 0 Å². The average molecular weight is 268 g/mol. The highest BCUT2D eigenvalue weighted by molar-refractivity contribution is 5.77. The van der Waals surface area contributed by atoms with Gasteiger partial charge in [-0.3, -0.25) is 4.99 Å². The molecule has 0 aromatic rings. The first kappa shape index (κ1) is 16.3. The van der Waals surface area contributed by atoms with Gasteiger partial charge in [-0.25, -0.2) is 0 Å². The molecule has 0 aliphatic heterocycles. The zero-order valence-corrected chi connectivity index (χ0v) is 13.0. The number of unbranched alkanes of at least 4 members (excludes halogenated alkanes) is 1. The predicted molar refractivity (Wildman–Crippen MR) is 83.5 cm³/mol. The normalized spacial score (nSPS) is 19.7. The summed E-state index contributed by atoms with van der Waals surface area (Å²) < 4.78 is 0. The van der Waals surface area contributed by atoms with Crippen molar-refractivity contribution in [3.05, 3.63) is 0 Å². The molecule has 0 saturated heterocycles. The highest BCUT2D eigenvalue weighted by Crippen LogP contribution is 2.28. The quantitative estimate of drug-likeness (QED) is 0.423. The lowest BCUT2D eigenvalue weighted by molar-refractivity contribution is 0.176. The zero-order valence-electron chi connectivity index (χ0n) is 13.0. The van der Waals surface area contributed by atoms with E-state index in [0.717, 1.165) is 25.4 Å². The van der Waals surface area contributed by atoms with Gasteiger partial charge in [0.1, 0.15) is 0 Å². The molecule has 1 rings (SSSR count). The Hall–Kier alpha value is -0.770.